The van der Waals surface area contributed by atoms with E-state index in [1.165, 1.54) is 0 Å². The van der Waals surface area contributed by atoms with Crippen molar-refractivity contribution in [1.29, 1.82) is 0 Å². The molecule has 0 unspecified atom stereocenters. The fourth-order valence-electron chi connectivity index (χ4n) is 2.09. The molecule has 2 atom stereocenters. The number of hydrogen-bond acceptors (Lipinski definition) is 5. The van der Waals surface area contributed by atoms with Crippen LogP contribution >= 0.6 is 0 Å². The van der Waals surface area contributed by atoms with Crippen molar-refractivity contribution in [2.45, 2.75) is 0 Å². The second-order valence-electron chi connectivity index (χ2n) is 3.70. The highest BCUT2D eigenvalue weighted by atomic mass is 16.6. The van der Waals surface area contributed by atoms with Crippen LogP contribution in [0.2, 0.25) is 0 Å². The second kappa shape index (κ2) is 3.64. The number of hydrogen-bond donors (Lipinski definition) is 2. The molecule has 2 rings (SSSR count). The van der Waals surface area contributed by atoms with Crippen LogP contribution in [-0.2, 0) is 14.4 Å². The van der Waals surface area contributed by atoms with Gasteiger partial charge in [-0.15, -0.1) is 0 Å². The summed E-state index contributed by atoms with van der Waals surface area (Å²) in [5.41, 5.74) is 0. The average molecular weight is 199 g/mol. The molecule has 2 amide bonds. The highest BCUT2D eigenvalue weighted by Gasteiger charge is 2.47. The van der Waals surface area contributed by atoms with E-state index < -0.39 is 0 Å². The molecular weight excluding hydrogens is 186 g/mol. The minimum absolute atomic E-state index is 0.142. The van der Waals surface area contributed by atoms with Gasteiger partial charge in [0.25, 0.3) is 0 Å². The number of carbonyl (C=O) groups excluding carboxylic acids is 2. The lowest BCUT2D eigenvalue weighted by Crippen LogP contribution is -2.33. The van der Waals surface area contributed by atoms with E-state index in [0.717, 1.165) is 0 Å². The van der Waals surface area contributed by atoms with Gasteiger partial charge in [-0.3, -0.25) is 19.8 Å². The second-order valence-corrected chi connectivity index (χ2v) is 3.70. The number of fused-ring (bicyclic) bond motifs is 1. The van der Waals surface area contributed by atoms with Crippen molar-refractivity contribution in [1.82, 2.24) is 10.2 Å². The minimum Gasteiger partial charge on any atom is -0.303 e. The molecule has 0 aromatic rings. The van der Waals surface area contributed by atoms with Gasteiger partial charge in [0.15, 0.2) is 0 Å². The topological polar surface area (TPSA) is 84.7 Å². The molecule has 2 heterocycles. The Bertz CT molecular complexity index is 247. The van der Waals surface area contributed by atoms with Crippen molar-refractivity contribution in [3.05, 3.63) is 0 Å². The molecule has 14 heavy (non-hydrogen) atoms. The largest absolute Gasteiger partial charge is 0.303 e. The highest BCUT2D eigenvalue weighted by Crippen LogP contribution is 2.27. The Labute approximate surface area is 81.3 Å². The SMILES string of the molecule is NOCCN1C[C@@H]2C(=O)NC(=O)[C@@H]2C1. The summed E-state index contributed by atoms with van der Waals surface area (Å²) in [5, 5.41) is 2.33. The Balaban J connectivity index is 1.94. The van der Waals surface area contributed by atoms with Crippen LogP contribution < -0.4 is 11.2 Å². The monoisotopic (exact) mass is 199 g/mol. The van der Waals surface area contributed by atoms with Crippen LogP contribution in [0, 0.1) is 11.8 Å². The first kappa shape index (κ1) is 9.57. The number of likely N-dealkylation sites (tertiary alicyclic amines) is 1. The van der Waals surface area contributed by atoms with Gasteiger partial charge in [0.1, 0.15) is 0 Å². The molecule has 3 N–H and O–H groups in total. The molecule has 0 saturated carbocycles. The number of amides is 2. The zero-order valence-corrected chi connectivity index (χ0v) is 7.73. The van der Waals surface area contributed by atoms with E-state index in [1.807, 2.05) is 4.90 Å². The van der Waals surface area contributed by atoms with E-state index in [9.17, 15) is 9.59 Å². The third kappa shape index (κ3) is 1.52. The first-order chi connectivity index (χ1) is 6.72. The maximum atomic E-state index is 11.3. The number of nitrogens with one attached hydrogen (secondary N) is 1. The summed E-state index contributed by atoms with van der Waals surface area (Å²) in [5.74, 6) is 4.29. The molecule has 2 saturated heterocycles. The maximum absolute atomic E-state index is 11.3. The number of imide groups is 1. The van der Waals surface area contributed by atoms with E-state index in [2.05, 4.69) is 10.2 Å². The van der Waals surface area contributed by atoms with Crippen LogP contribution in [0.25, 0.3) is 0 Å². The lowest BCUT2D eigenvalue weighted by Gasteiger charge is -2.14. The van der Waals surface area contributed by atoms with Crippen LogP contribution in [0.5, 0.6) is 0 Å². The van der Waals surface area contributed by atoms with E-state index in [4.69, 9.17) is 5.90 Å². The summed E-state index contributed by atoms with van der Waals surface area (Å²) in [4.78, 5) is 29.0. The molecule has 0 aromatic carbocycles. The van der Waals surface area contributed by atoms with Gasteiger partial charge in [-0.25, -0.2) is 5.90 Å². The van der Waals surface area contributed by atoms with Gasteiger partial charge >= 0.3 is 0 Å². The smallest absolute Gasteiger partial charge is 0.231 e. The molecule has 2 aliphatic rings. The van der Waals surface area contributed by atoms with Gasteiger partial charge in [0, 0.05) is 19.6 Å². The molecular formula is C8H13N3O3. The molecule has 0 radical (unpaired) electrons. The number of nitrogens with zero attached hydrogens (tertiary/aromatic N) is 1. The van der Waals surface area contributed by atoms with Crippen LogP contribution in [0.4, 0.5) is 0 Å². The molecule has 2 fully saturated rings. The summed E-state index contributed by atoms with van der Waals surface area (Å²) in [7, 11) is 0. The molecule has 0 bridgehead atoms. The van der Waals surface area contributed by atoms with Gasteiger partial charge in [0.05, 0.1) is 18.4 Å². The van der Waals surface area contributed by atoms with Gasteiger partial charge in [-0.1, -0.05) is 0 Å². The molecule has 0 aliphatic carbocycles. The van der Waals surface area contributed by atoms with Crippen LogP contribution in [0.3, 0.4) is 0 Å². The lowest BCUT2D eigenvalue weighted by atomic mass is 10.00. The van der Waals surface area contributed by atoms with Crippen LogP contribution in [0.15, 0.2) is 0 Å². The summed E-state index contributed by atoms with van der Waals surface area (Å²) in [6, 6.07) is 0. The fourth-order valence-corrected chi connectivity index (χ4v) is 2.09. The van der Waals surface area contributed by atoms with Crippen LogP contribution in [-0.4, -0.2) is 43.0 Å². The fraction of sp³-hybridized carbons (Fsp3) is 0.750. The van der Waals surface area contributed by atoms with Crippen molar-refractivity contribution in [3.63, 3.8) is 0 Å². The first-order valence-corrected chi connectivity index (χ1v) is 4.61. The third-order valence-corrected chi connectivity index (χ3v) is 2.84. The van der Waals surface area contributed by atoms with Gasteiger partial charge in [-0.2, -0.15) is 0 Å². The Morgan fingerprint density at radius 2 is 1.93 bits per heavy atom. The van der Waals surface area contributed by atoms with Crippen molar-refractivity contribution in [3.8, 4) is 0 Å². The van der Waals surface area contributed by atoms with E-state index >= 15 is 0 Å². The average Bonchev–Trinajstić information content (AvgIpc) is 2.67. The van der Waals surface area contributed by atoms with Crippen molar-refractivity contribution in [2.24, 2.45) is 17.7 Å². The molecule has 6 nitrogen and oxygen atoms in total. The Morgan fingerprint density at radius 1 is 1.36 bits per heavy atom. The molecule has 2 aliphatic heterocycles. The van der Waals surface area contributed by atoms with E-state index in [1.54, 1.807) is 0 Å². The van der Waals surface area contributed by atoms with Gasteiger partial charge in [-0.05, 0) is 0 Å². The Kier molecular flexibility index (Phi) is 2.49. The lowest BCUT2D eigenvalue weighted by molar-refractivity contribution is -0.126. The molecule has 78 valence electrons. The predicted molar refractivity (Wildman–Crippen MR) is 46.7 cm³/mol. The number of carbonyl (C=O) groups is 2. The zero-order valence-electron chi connectivity index (χ0n) is 7.73. The number of nitrogens with two attached hydrogens (primary N) is 1. The molecule has 6 heteroatoms. The van der Waals surface area contributed by atoms with E-state index in [-0.39, 0.29) is 23.7 Å². The maximum Gasteiger partial charge on any atom is 0.231 e. The standard InChI is InChI=1S/C8H13N3O3/c9-14-2-1-11-3-5-6(4-11)8(13)10-7(5)12/h5-6H,1-4,9H2,(H,10,12,13)/t5-,6+. The predicted octanol–water partition coefficient (Wildman–Crippen LogP) is -1.92. The summed E-state index contributed by atoms with van der Waals surface area (Å²) in [6.07, 6.45) is 0. The van der Waals surface area contributed by atoms with E-state index in [0.29, 0.717) is 26.2 Å². The minimum atomic E-state index is -0.166. The summed E-state index contributed by atoms with van der Waals surface area (Å²) < 4.78 is 0. The molecule has 0 aromatic heterocycles. The third-order valence-electron chi connectivity index (χ3n) is 2.84. The van der Waals surface area contributed by atoms with Gasteiger partial charge in [0.2, 0.25) is 11.8 Å². The summed E-state index contributed by atoms with van der Waals surface area (Å²) >= 11 is 0. The first-order valence-electron chi connectivity index (χ1n) is 4.61. The normalized spacial score (nSPS) is 32.1. The summed E-state index contributed by atoms with van der Waals surface area (Å²) in [6.45, 7) is 2.36. The molecule has 0 spiro atoms. The zero-order chi connectivity index (χ0) is 10.1. The van der Waals surface area contributed by atoms with Gasteiger partial charge < -0.3 is 4.84 Å². The quantitative estimate of drug-likeness (QED) is 0.409. The van der Waals surface area contributed by atoms with Crippen molar-refractivity contribution >= 4 is 11.8 Å². The van der Waals surface area contributed by atoms with Crippen LogP contribution in [0.1, 0.15) is 0 Å². The highest BCUT2D eigenvalue weighted by molar-refractivity contribution is 6.05. The van der Waals surface area contributed by atoms with Crippen molar-refractivity contribution in [2.75, 3.05) is 26.2 Å². The van der Waals surface area contributed by atoms with Crippen molar-refractivity contribution < 1.29 is 14.4 Å². The number of rotatable bonds is 3. The Morgan fingerprint density at radius 3 is 2.43 bits per heavy atom. The Hall–Kier alpha value is -0.980.